The van der Waals surface area contributed by atoms with Gasteiger partial charge in [-0.3, -0.25) is 4.79 Å². The van der Waals surface area contributed by atoms with E-state index >= 15 is 0 Å². The third-order valence-electron chi connectivity index (χ3n) is 3.03. The van der Waals surface area contributed by atoms with Gasteiger partial charge in [-0.1, -0.05) is 20.3 Å². The zero-order chi connectivity index (χ0) is 9.35. The fourth-order valence-corrected chi connectivity index (χ4v) is 2.29. The molecular formula is C9H18N2O. The fraction of sp³-hybridized carbons (Fsp3) is 0.889. The van der Waals surface area contributed by atoms with Crippen LogP contribution in [0.5, 0.6) is 0 Å². The van der Waals surface area contributed by atoms with Crippen molar-refractivity contribution in [3.05, 3.63) is 0 Å². The van der Waals surface area contributed by atoms with Crippen molar-refractivity contribution in [1.82, 2.24) is 0 Å². The monoisotopic (exact) mass is 170 g/mol. The molecule has 1 aliphatic carbocycles. The number of primary amides is 1. The lowest BCUT2D eigenvalue weighted by atomic mass is 9.80. The summed E-state index contributed by atoms with van der Waals surface area (Å²) in [6.07, 6.45) is 2.82. The Hall–Kier alpha value is -0.570. The molecule has 0 radical (unpaired) electrons. The zero-order valence-electron chi connectivity index (χ0n) is 7.84. The smallest absolute Gasteiger partial charge is 0.237 e. The first-order valence-electron chi connectivity index (χ1n) is 4.57. The first kappa shape index (κ1) is 9.52. The second-order valence-electron chi connectivity index (χ2n) is 4.15. The Bertz CT molecular complexity index is 191. The summed E-state index contributed by atoms with van der Waals surface area (Å²) in [5.74, 6) is 0.388. The Labute approximate surface area is 73.5 Å². The van der Waals surface area contributed by atoms with Gasteiger partial charge in [0.25, 0.3) is 0 Å². The predicted octanol–water partition coefficient (Wildman–Crippen LogP) is 0.625. The number of carbonyl (C=O) groups is 1. The van der Waals surface area contributed by atoms with Crippen LogP contribution in [0.1, 0.15) is 33.1 Å². The van der Waals surface area contributed by atoms with Crippen LogP contribution in [0.15, 0.2) is 0 Å². The average molecular weight is 170 g/mol. The fourth-order valence-electron chi connectivity index (χ4n) is 2.29. The maximum absolute atomic E-state index is 11.1. The lowest BCUT2D eigenvalue weighted by molar-refractivity contribution is -0.124. The summed E-state index contributed by atoms with van der Waals surface area (Å²) in [7, 11) is 0. The summed E-state index contributed by atoms with van der Waals surface area (Å²) in [6.45, 7) is 4.20. The quantitative estimate of drug-likeness (QED) is 0.638. The van der Waals surface area contributed by atoms with E-state index in [9.17, 15) is 4.79 Å². The Morgan fingerprint density at radius 1 is 1.58 bits per heavy atom. The van der Waals surface area contributed by atoms with E-state index in [0.717, 1.165) is 19.3 Å². The summed E-state index contributed by atoms with van der Waals surface area (Å²) in [5.41, 5.74) is 10.5. The summed E-state index contributed by atoms with van der Waals surface area (Å²) in [6, 6.07) is 0. The first-order chi connectivity index (χ1) is 5.48. The molecule has 0 aromatic carbocycles. The molecule has 3 nitrogen and oxygen atoms in total. The molecule has 0 aromatic heterocycles. The molecule has 1 saturated carbocycles. The lowest BCUT2D eigenvalue weighted by Crippen LogP contribution is -2.55. The maximum Gasteiger partial charge on any atom is 0.237 e. The SMILES string of the molecule is CC(C)[C@H]1CCC[C@]1(N)C(N)=O. The Morgan fingerprint density at radius 2 is 2.17 bits per heavy atom. The molecule has 0 aliphatic heterocycles. The van der Waals surface area contributed by atoms with Crippen LogP contribution < -0.4 is 11.5 Å². The second kappa shape index (κ2) is 3.05. The minimum absolute atomic E-state index is 0.273. The average Bonchev–Trinajstić information content (AvgIpc) is 2.32. The predicted molar refractivity (Wildman–Crippen MR) is 48.3 cm³/mol. The number of rotatable bonds is 2. The van der Waals surface area contributed by atoms with Gasteiger partial charge >= 0.3 is 0 Å². The largest absolute Gasteiger partial charge is 0.368 e. The van der Waals surface area contributed by atoms with E-state index in [4.69, 9.17) is 11.5 Å². The third-order valence-corrected chi connectivity index (χ3v) is 3.03. The topological polar surface area (TPSA) is 69.1 Å². The molecule has 0 aromatic rings. The van der Waals surface area contributed by atoms with Gasteiger partial charge in [0, 0.05) is 0 Å². The van der Waals surface area contributed by atoms with E-state index in [1.54, 1.807) is 0 Å². The number of amides is 1. The van der Waals surface area contributed by atoms with Crippen LogP contribution >= 0.6 is 0 Å². The van der Waals surface area contributed by atoms with Gasteiger partial charge in [0.2, 0.25) is 5.91 Å². The van der Waals surface area contributed by atoms with E-state index in [1.807, 2.05) is 0 Å². The van der Waals surface area contributed by atoms with Crippen LogP contribution in [0, 0.1) is 11.8 Å². The van der Waals surface area contributed by atoms with Crippen LogP contribution in [-0.2, 0) is 4.79 Å². The Kier molecular flexibility index (Phi) is 2.42. The molecule has 0 spiro atoms. The van der Waals surface area contributed by atoms with Gasteiger partial charge in [0.05, 0.1) is 5.54 Å². The minimum Gasteiger partial charge on any atom is -0.368 e. The highest BCUT2D eigenvalue weighted by atomic mass is 16.1. The molecule has 4 N–H and O–H groups in total. The van der Waals surface area contributed by atoms with Gasteiger partial charge in [-0.15, -0.1) is 0 Å². The summed E-state index contributed by atoms with van der Waals surface area (Å²) in [4.78, 5) is 11.1. The summed E-state index contributed by atoms with van der Waals surface area (Å²) < 4.78 is 0. The molecular weight excluding hydrogens is 152 g/mol. The normalized spacial score (nSPS) is 35.8. The molecule has 0 bridgehead atoms. The highest BCUT2D eigenvalue weighted by Gasteiger charge is 2.45. The second-order valence-corrected chi connectivity index (χ2v) is 4.15. The van der Waals surface area contributed by atoms with Crippen LogP contribution in [0.2, 0.25) is 0 Å². The molecule has 3 heteroatoms. The minimum atomic E-state index is -0.728. The van der Waals surface area contributed by atoms with Crippen molar-refractivity contribution in [1.29, 1.82) is 0 Å². The number of hydrogen-bond acceptors (Lipinski definition) is 2. The van der Waals surface area contributed by atoms with E-state index < -0.39 is 5.54 Å². The van der Waals surface area contributed by atoms with E-state index in [2.05, 4.69) is 13.8 Å². The molecule has 70 valence electrons. The molecule has 1 rings (SSSR count). The standard InChI is InChI=1S/C9H18N2O/c1-6(2)7-4-3-5-9(7,11)8(10)12/h6-7H,3-5,11H2,1-2H3,(H2,10,12)/t7-,9-/m1/s1. The molecule has 1 aliphatic rings. The van der Waals surface area contributed by atoms with E-state index in [0.29, 0.717) is 5.92 Å². The molecule has 0 saturated heterocycles. The molecule has 12 heavy (non-hydrogen) atoms. The van der Waals surface area contributed by atoms with Crippen molar-refractivity contribution in [2.24, 2.45) is 23.3 Å². The lowest BCUT2D eigenvalue weighted by Gasteiger charge is -2.30. The van der Waals surface area contributed by atoms with Gasteiger partial charge < -0.3 is 11.5 Å². The van der Waals surface area contributed by atoms with Crippen molar-refractivity contribution >= 4 is 5.91 Å². The first-order valence-corrected chi connectivity index (χ1v) is 4.57. The molecule has 0 unspecified atom stereocenters. The number of carbonyl (C=O) groups excluding carboxylic acids is 1. The van der Waals surface area contributed by atoms with Gasteiger partial charge in [-0.25, -0.2) is 0 Å². The van der Waals surface area contributed by atoms with Crippen LogP contribution in [0.3, 0.4) is 0 Å². The van der Waals surface area contributed by atoms with E-state index in [-0.39, 0.29) is 11.8 Å². The Morgan fingerprint density at radius 3 is 2.50 bits per heavy atom. The summed E-state index contributed by atoms with van der Waals surface area (Å²) in [5, 5.41) is 0. The zero-order valence-corrected chi connectivity index (χ0v) is 7.84. The Balaban J connectivity index is 2.81. The van der Waals surface area contributed by atoms with Crippen LogP contribution in [0.25, 0.3) is 0 Å². The third kappa shape index (κ3) is 1.33. The van der Waals surface area contributed by atoms with E-state index in [1.165, 1.54) is 0 Å². The van der Waals surface area contributed by atoms with Crippen LogP contribution in [-0.4, -0.2) is 11.4 Å². The molecule has 1 amide bonds. The van der Waals surface area contributed by atoms with Crippen molar-refractivity contribution in [2.45, 2.75) is 38.6 Å². The highest BCUT2D eigenvalue weighted by molar-refractivity contribution is 5.85. The van der Waals surface area contributed by atoms with Gasteiger partial charge in [0.1, 0.15) is 0 Å². The van der Waals surface area contributed by atoms with Gasteiger partial charge in [-0.05, 0) is 24.7 Å². The van der Waals surface area contributed by atoms with Crippen molar-refractivity contribution < 1.29 is 4.79 Å². The molecule has 2 atom stereocenters. The van der Waals surface area contributed by atoms with Crippen molar-refractivity contribution in [3.63, 3.8) is 0 Å². The number of hydrogen-bond donors (Lipinski definition) is 2. The van der Waals surface area contributed by atoms with Crippen molar-refractivity contribution in [2.75, 3.05) is 0 Å². The summed E-state index contributed by atoms with van der Waals surface area (Å²) >= 11 is 0. The van der Waals surface area contributed by atoms with Gasteiger partial charge in [-0.2, -0.15) is 0 Å². The molecule has 1 fully saturated rings. The van der Waals surface area contributed by atoms with Crippen molar-refractivity contribution in [3.8, 4) is 0 Å². The highest BCUT2D eigenvalue weighted by Crippen LogP contribution is 2.38. The van der Waals surface area contributed by atoms with Crippen LogP contribution in [0.4, 0.5) is 0 Å². The van der Waals surface area contributed by atoms with Gasteiger partial charge in [0.15, 0.2) is 0 Å². The number of nitrogens with two attached hydrogens (primary N) is 2. The molecule has 0 heterocycles. The maximum atomic E-state index is 11.1.